The molecule has 6 heteroatoms. The molecule has 0 amide bonds. The number of rotatable bonds is 5. The van der Waals surface area contributed by atoms with E-state index in [1.165, 1.54) is 0 Å². The number of hydrogen-bond acceptors (Lipinski definition) is 2. The maximum Gasteiger partial charge on any atom is 0.187 e. The fraction of sp³-hybridized carbons (Fsp3) is 0.0476. The first-order valence-electron chi connectivity index (χ1n) is 8.29. The van der Waals surface area contributed by atoms with Crippen LogP contribution in [-0.2, 0) is 6.54 Å². The summed E-state index contributed by atoms with van der Waals surface area (Å²) >= 11 is 12.4. The summed E-state index contributed by atoms with van der Waals surface area (Å²) in [6, 6.07) is 26.1. The van der Waals surface area contributed by atoms with Gasteiger partial charge >= 0.3 is 0 Å². The van der Waals surface area contributed by atoms with E-state index in [9.17, 15) is 0 Å². The highest BCUT2D eigenvalue weighted by Crippen LogP contribution is 2.19. The molecule has 0 aromatic heterocycles. The minimum atomic E-state index is 0.473. The molecule has 0 atom stereocenters. The first-order valence-corrected chi connectivity index (χ1v) is 10.3. The van der Waals surface area contributed by atoms with E-state index in [0.29, 0.717) is 11.7 Å². The number of benzene rings is 3. The molecule has 27 heavy (non-hydrogen) atoms. The summed E-state index contributed by atoms with van der Waals surface area (Å²) in [4.78, 5) is 0. The van der Waals surface area contributed by atoms with Gasteiger partial charge < -0.3 is 5.32 Å². The van der Waals surface area contributed by atoms with E-state index in [2.05, 4.69) is 47.7 Å². The molecule has 2 N–H and O–H groups in total. The molecule has 0 aliphatic rings. The van der Waals surface area contributed by atoms with Gasteiger partial charge in [0.2, 0.25) is 0 Å². The summed E-state index contributed by atoms with van der Waals surface area (Å²) in [5, 5.41) is 8.23. The van der Waals surface area contributed by atoms with Gasteiger partial charge in [-0.2, -0.15) is 5.10 Å². The van der Waals surface area contributed by atoms with Crippen molar-refractivity contribution >= 4 is 54.9 Å². The smallest absolute Gasteiger partial charge is 0.187 e. The summed E-state index contributed by atoms with van der Waals surface area (Å²) in [5.74, 6) is 0. The fourth-order valence-corrected chi connectivity index (χ4v) is 3.41. The third kappa shape index (κ3) is 5.99. The Morgan fingerprint density at radius 3 is 1.96 bits per heavy atom. The van der Waals surface area contributed by atoms with E-state index in [1.54, 1.807) is 0 Å². The van der Waals surface area contributed by atoms with Crippen molar-refractivity contribution in [1.82, 2.24) is 10.7 Å². The van der Waals surface area contributed by atoms with E-state index in [0.717, 1.165) is 31.3 Å². The Bertz CT molecular complexity index is 911. The van der Waals surface area contributed by atoms with Crippen molar-refractivity contribution in [2.75, 3.05) is 0 Å². The highest BCUT2D eigenvalue weighted by molar-refractivity contribution is 9.10. The lowest BCUT2D eigenvalue weighted by Crippen LogP contribution is -2.32. The molecule has 0 saturated heterocycles. The van der Waals surface area contributed by atoms with E-state index in [1.807, 2.05) is 78.9 Å². The van der Waals surface area contributed by atoms with Gasteiger partial charge in [-0.1, -0.05) is 86.5 Å². The van der Waals surface area contributed by atoms with Crippen molar-refractivity contribution in [2.45, 2.75) is 6.54 Å². The zero-order chi connectivity index (χ0) is 19.1. The molecule has 0 bridgehead atoms. The largest absolute Gasteiger partial charge is 0.357 e. The number of halogens is 2. The molecule has 0 fully saturated rings. The van der Waals surface area contributed by atoms with Gasteiger partial charge in [-0.25, -0.2) is 0 Å². The highest BCUT2D eigenvalue weighted by Gasteiger charge is 2.09. The standard InChI is InChI=1S/C21H17Br2N3S/c22-18-10-4-8-16(12-18)20(17-9-5-11-19(23)13-17)25-26-21(27)24-14-15-6-2-1-3-7-15/h1-13H,14H2,(H2,24,26,27). The van der Waals surface area contributed by atoms with E-state index < -0.39 is 0 Å². The summed E-state index contributed by atoms with van der Waals surface area (Å²) in [6.07, 6.45) is 0. The number of hydrazone groups is 1. The van der Waals surface area contributed by atoms with Crippen LogP contribution in [0.2, 0.25) is 0 Å². The topological polar surface area (TPSA) is 36.4 Å². The Hall–Kier alpha value is -2.02. The maximum absolute atomic E-state index is 5.38. The van der Waals surface area contributed by atoms with Crippen molar-refractivity contribution in [3.63, 3.8) is 0 Å². The second-order valence-corrected chi connectivity index (χ2v) is 8.00. The zero-order valence-electron chi connectivity index (χ0n) is 14.3. The van der Waals surface area contributed by atoms with Crippen LogP contribution in [0.25, 0.3) is 0 Å². The normalized spacial score (nSPS) is 10.1. The molecule has 3 rings (SSSR count). The lowest BCUT2D eigenvalue weighted by Gasteiger charge is -2.11. The van der Waals surface area contributed by atoms with Gasteiger partial charge in [0.1, 0.15) is 0 Å². The predicted octanol–water partition coefficient (Wildman–Crippen LogP) is 5.63. The lowest BCUT2D eigenvalue weighted by atomic mass is 10.0. The van der Waals surface area contributed by atoms with E-state index in [-0.39, 0.29) is 0 Å². The molecule has 0 saturated carbocycles. The molecule has 0 heterocycles. The molecular formula is C21H17Br2N3S. The maximum atomic E-state index is 5.38. The number of hydrogen-bond donors (Lipinski definition) is 2. The Morgan fingerprint density at radius 1 is 0.815 bits per heavy atom. The van der Waals surface area contributed by atoms with Crippen molar-refractivity contribution < 1.29 is 0 Å². The molecule has 0 unspecified atom stereocenters. The molecule has 0 aliphatic heterocycles. The van der Waals surface area contributed by atoms with Gasteiger partial charge in [-0.3, -0.25) is 5.43 Å². The molecule has 3 aromatic rings. The van der Waals surface area contributed by atoms with Crippen LogP contribution in [0.4, 0.5) is 0 Å². The van der Waals surface area contributed by atoms with Crippen LogP contribution in [0.3, 0.4) is 0 Å². The zero-order valence-corrected chi connectivity index (χ0v) is 18.3. The van der Waals surface area contributed by atoms with Crippen LogP contribution < -0.4 is 10.7 Å². The quantitative estimate of drug-likeness (QED) is 0.269. The molecule has 0 aliphatic carbocycles. The van der Waals surface area contributed by atoms with Gasteiger partial charge in [-0.05, 0) is 42.0 Å². The van der Waals surface area contributed by atoms with Crippen molar-refractivity contribution in [3.8, 4) is 0 Å². The van der Waals surface area contributed by atoms with Crippen LogP contribution in [0.15, 0.2) is 92.9 Å². The Labute approximate surface area is 181 Å². The minimum Gasteiger partial charge on any atom is -0.357 e. The van der Waals surface area contributed by atoms with Gasteiger partial charge in [0.25, 0.3) is 0 Å². The first-order chi connectivity index (χ1) is 13.1. The second kappa shape index (κ2) is 9.78. The van der Waals surface area contributed by atoms with Crippen LogP contribution in [0, 0.1) is 0 Å². The Balaban J connectivity index is 1.79. The van der Waals surface area contributed by atoms with Crippen molar-refractivity contribution in [1.29, 1.82) is 0 Å². The Morgan fingerprint density at radius 2 is 1.41 bits per heavy atom. The molecular weight excluding hydrogens is 486 g/mol. The lowest BCUT2D eigenvalue weighted by molar-refractivity contribution is 0.867. The molecule has 3 aromatic carbocycles. The van der Waals surface area contributed by atoms with Crippen LogP contribution >= 0.6 is 44.1 Å². The third-order valence-electron chi connectivity index (χ3n) is 3.76. The van der Waals surface area contributed by atoms with Gasteiger partial charge in [0.15, 0.2) is 5.11 Å². The summed E-state index contributed by atoms with van der Waals surface area (Å²) in [7, 11) is 0. The SMILES string of the molecule is S=C(NCc1ccccc1)NN=C(c1cccc(Br)c1)c1cccc(Br)c1. The average molecular weight is 503 g/mol. The summed E-state index contributed by atoms with van der Waals surface area (Å²) < 4.78 is 1.99. The fourth-order valence-electron chi connectivity index (χ4n) is 2.49. The van der Waals surface area contributed by atoms with Gasteiger partial charge in [0.05, 0.1) is 5.71 Å². The molecule has 0 spiro atoms. The molecule has 136 valence electrons. The van der Waals surface area contributed by atoms with Crippen LogP contribution in [0.5, 0.6) is 0 Å². The predicted molar refractivity (Wildman–Crippen MR) is 123 cm³/mol. The van der Waals surface area contributed by atoms with E-state index in [4.69, 9.17) is 12.2 Å². The highest BCUT2D eigenvalue weighted by atomic mass is 79.9. The average Bonchev–Trinajstić information content (AvgIpc) is 2.67. The second-order valence-electron chi connectivity index (χ2n) is 5.76. The monoisotopic (exact) mass is 501 g/mol. The van der Waals surface area contributed by atoms with Gasteiger partial charge in [-0.15, -0.1) is 0 Å². The molecule has 0 radical (unpaired) electrons. The summed E-state index contributed by atoms with van der Waals surface area (Å²) in [6.45, 7) is 0.644. The Kier molecular flexibility index (Phi) is 7.15. The van der Waals surface area contributed by atoms with Crippen LogP contribution in [-0.4, -0.2) is 10.8 Å². The number of nitrogens with zero attached hydrogens (tertiary/aromatic N) is 1. The van der Waals surface area contributed by atoms with Gasteiger partial charge in [0, 0.05) is 26.6 Å². The summed E-state index contributed by atoms with van der Waals surface area (Å²) in [5.41, 5.74) is 6.90. The molecule has 3 nitrogen and oxygen atoms in total. The van der Waals surface area contributed by atoms with Crippen molar-refractivity contribution in [3.05, 3.63) is 104 Å². The number of thiocarbonyl (C=S) groups is 1. The first kappa shape index (κ1) is 19.7. The number of nitrogens with one attached hydrogen (secondary N) is 2. The van der Waals surface area contributed by atoms with Crippen LogP contribution in [0.1, 0.15) is 16.7 Å². The van der Waals surface area contributed by atoms with E-state index >= 15 is 0 Å². The van der Waals surface area contributed by atoms with Crippen molar-refractivity contribution in [2.24, 2.45) is 5.10 Å². The third-order valence-corrected chi connectivity index (χ3v) is 4.98. The minimum absolute atomic E-state index is 0.473.